The summed E-state index contributed by atoms with van der Waals surface area (Å²) >= 11 is 0. The summed E-state index contributed by atoms with van der Waals surface area (Å²) in [6, 6.07) is 12.3. The molecule has 1 aliphatic heterocycles. The van der Waals surface area contributed by atoms with Crippen molar-refractivity contribution in [3.05, 3.63) is 48.2 Å². The van der Waals surface area contributed by atoms with Gasteiger partial charge in [-0.2, -0.15) is 4.98 Å². The summed E-state index contributed by atoms with van der Waals surface area (Å²) in [5.41, 5.74) is 1.18. The van der Waals surface area contributed by atoms with Gasteiger partial charge in [0.25, 0.3) is 0 Å². The number of carbonyl (C=O) groups is 1. The smallest absolute Gasteiger partial charge is 0.415 e. The highest BCUT2D eigenvalue weighted by atomic mass is 16.6. The molecule has 0 bridgehead atoms. The van der Waals surface area contributed by atoms with Gasteiger partial charge >= 0.3 is 6.09 Å². The number of ether oxygens (including phenoxy) is 1. The molecular weight excluding hydrogens is 316 g/mol. The molecule has 2 heterocycles. The third-order valence-electron chi connectivity index (χ3n) is 4.85. The van der Waals surface area contributed by atoms with E-state index >= 15 is 0 Å². The molecule has 1 aliphatic carbocycles. The standard InChI is InChI=1S/C19H22N4O2/c24-19-23(16(13-25-19)12-14-6-2-1-3-7-14)17-10-11-20-18(22-17)21-15-8-4-5-9-15/h1-3,6-7,10-11,15-16H,4-5,8-9,12-13H2,(H,20,21,22)/t16-/m0/s1. The average Bonchev–Trinajstić information content (AvgIpc) is 3.26. The van der Waals surface area contributed by atoms with Crippen LogP contribution in [0.15, 0.2) is 42.6 Å². The predicted molar refractivity (Wildman–Crippen MR) is 95.7 cm³/mol. The van der Waals surface area contributed by atoms with Crippen LogP contribution in [-0.2, 0) is 11.2 Å². The second-order valence-electron chi connectivity index (χ2n) is 6.65. The number of aromatic nitrogens is 2. The van der Waals surface area contributed by atoms with Gasteiger partial charge in [-0.15, -0.1) is 0 Å². The van der Waals surface area contributed by atoms with Crippen molar-refractivity contribution in [2.45, 2.75) is 44.2 Å². The van der Waals surface area contributed by atoms with Crippen LogP contribution in [0.5, 0.6) is 0 Å². The molecule has 1 saturated carbocycles. The van der Waals surface area contributed by atoms with Gasteiger partial charge in [0, 0.05) is 12.2 Å². The zero-order valence-corrected chi connectivity index (χ0v) is 14.1. The van der Waals surface area contributed by atoms with Gasteiger partial charge in [-0.1, -0.05) is 43.2 Å². The van der Waals surface area contributed by atoms with Crippen molar-refractivity contribution < 1.29 is 9.53 Å². The van der Waals surface area contributed by atoms with Gasteiger partial charge in [-0.05, 0) is 30.9 Å². The fourth-order valence-electron chi connectivity index (χ4n) is 3.58. The maximum Gasteiger partial charge on any atom is 0.415 e. The monoisotopic (exact) mass is 338 g/mol. The maximum atomic E-state index is 12.3. The molecule has 1 atom stereocenters. The fraction of sp³-hybridized carbons (Fsp3) is 0.421. The second kappa shape index (κ2) is 7.09. The second-order valence-corrected chi connectivity index (χ2v) is 6.65. The molecule has 1 aromatic carbocycles. The van der Waals surface area contributed by atoms with E-state index in [1.807, 2.05) is 18.2 Å². The summed E-state index contributed by atoms with van der Waals surface area (Å²) in [5, 5.41) is 3.38. The van der Waals surface area contributed by atoms with Gasteiger partial charge in [0.15, 0.2) is 0 Å². The summed E-state index contributed by atoms with van der Waals surface area (Å²) in [6.45, 7) is 0.378. The van der Waals surface area contributed by atoms with Crippen LogP contribution >= 0.6 is 0 Å². The molecule has 25 heavy (non-hydrogen) atoms. The first-order chi connectivity index (χ1) is 12.3. The van der Waals surface area contributed by atoms with Crippen LogP contribution in [0.1, 0.15) is 31.2 Å². The van der Waals surface area contributed by atoms with Crippen molar-refractivity contribution in [1.29, 1.82) is 0 Å². The molecule has 1 amide bonds. The van der Waals surface area contributed by atoms with Crippen LogP contribution in [0, 0.1) is 0 Å². The number of nitrogens with zero attached hydrogens (tertiary/aromatic N) is 3. The van der Waals surface area contributed by atoms with Crippen LogP contribution < -0.4 is 10.2 Å². The minimum absolute atomic E-state index is 0.0517. The van der Waals surface area contributed by atoms with Crippen molar-refractivity contribution in [3.8, 4) is 0 Å². The molecule has 6 heteroatoms. The van der Waals surface area contributed by atoms with Crippen LogP contribution in [0.3, 0.4) is 0 Å². The molecule has 130 valence electrons. The third-order valence-corrected chi connectivity index (χ3v) is 4.85. The number of hydrogen-bond donors (Lipinski definition) is 1. The molecule has 0 spiro atoms. The Hall–Kier alpha value is -2.63. The Labute approximate surface area is 147 Å². The van der Waals surface area contributed by atoms with Crippen molar-refractivity contribution in [1.82, 2.24) is 9.97 Å². The van der Waals surface area contributed by atoms with Gasteiger partial charge in [-0.3, -0.25) is 4.90 Å². The number of nitrogens with one attached hydrogen (secondary N) is 1. The van der Waals surface area contributed by atoms with Crippen molar-refractivity contribution in [2.24, 2.45) is 0 Å². The zero-order chi connectivity index (χ0) is 17.1. The first-order valence-electron chi connectivity index (χ1n) is 8.89. The highest BCUT2D eigenvalue weighted by Crippen LogP contribution is 2.25. The van der Waals surface area contributed by atoms with E-state index in [-0.39, 0.29) is 12.1 Å². The Bertz CT molecular complexity index is 731. The highest BCUT2D eigenvalue weighted by molar-refractivity contribution is 5.89. The summed E-state index contributed by atoms with van der Waals surface area (Å²) < 4.78 is 5.28. The Morgan fingerprint density at radius 1 is 1.16 bits per heavy atom. The van der Waals surface area contributed by atoms with E-state index < -0.39 is 0 Å². The van der Waals surface area contributed by atoms with Gasteiger partial charge in [0.1, 0.15) is 12.4 Å². The number of rotatable bonds is 5. The van der Waals surface area contributed by atoms with E-state index in [1.54, 1.807) is 17.2 Å². The van der Waals surface area contributed by atoms with Gasteiger partial charge < -0.3 is 10.1 Å². The van der Waals surface area contributed by atoms with Crippen LogP contribution in [0.4, 0.5) is 16.6 Å². The Morgan fingerprint density at radius 2 is 1.96 bits per heavy atom. The van der Waals surface area contributed by atoms with Crippen LogP contribution in [0.25, 0.3) is 0 Å². The van der Waals surface area contributed by atoms with E-state index in [0.29, 0.717) is 24.4 Å². The van der Waals surface area contributed by atoms with Gasteiger partial charge in [-0.25, -0.2) is 9.78 Å². The Morgan fingerprint density at radius 3 is 2.76 bits per heavy atom. The summed E-state index contributed by atoms with van der Waals surface area (Å²) in [6.07, 6.45) is 6.88. The average molecular weight is 338 g/mol. The maximum absolute atomic E-state index is 12.3. The summed E-state index contributed by atoms with van der Waals surface area (Å²) in [4.78, 5) is 22.8. The number of amides is 1. The Balaban J connectivity index is 1.52. The summed E-state index contributed by atoms with van der Waals surface area (Å²) in [5.74, 6) is 1.18. The molecule has 0 unspecified atom stereocenters. The van der Waals surface area contributed by atoms with Crippen LogP contribution in [0.2, 0.25) is 0 Å². The molecule has 1 N–H and O–H groups in total. The lowest BCUT2D eigenvalue weighted by atomic mass is 10.1. The van der Waals surface area contributed by atoms with Crippen LogP contribution in [-0.4, -0.2) is 34.8 Å². The van der Waals surface area contributed by atoms with E-state index in [0.717, 1.165) is 19.3 Å². The summed E-state index contributed by atoms with van der Waals surface area (Å²) in [7, 11) is 0. The fourth-order valence-corrected chi connectivity index (χ4v) is 3.58. The first-order valence-corrected chi connectivity index (χ1v) is 8.89. The van der Waals surface area contributed by atoms with Gasteiger partial charge in [0.2, 0.25) is 5.95 Å². The molecule has 1 aromatic heterocycles. The van der Waals surface area contributed by atoms with Crippen molar-refractivity contribution in [2.75, 3.05) is 16.8 Å². The minimum atomic E-state index is -0.341. The molecule has 2 fully saturated rings. The molecule has 2 aliphatic rings. The first kappa shape index (κ1) is 15.9. The lowest BCUT2D eigenvalue weighted by Crippen LogP contribution is -2.36. The lowest BCUT2D eigenvalue weighted by molar-refractivity contribution is 0.178. The van der Waals surface area contributed by atoms with E-state index in [9.17, 15) is 4.79 Å². The quantitative estimate of drug-likeness (QED) is 0.905. The number of hydrogen-bond acceptors (Lipinski definition) is 5. The molecule has 0 radical (unpaired) electrons. The number of benzene rings is 1. The third kappa shape index (κ3) is 3.57. The zero-order valence-electron chi connectivity index (χ0n) is 14.1. The van der Waals surface area contributed by atoms with E-state index in [1.165, 1.54) is 18.4 Å². The molecule has 1 saturated heterocycles. The topological polar surface area (TPSA) is 67.3 Å². The minimum Gasteiger partial charge on any atom is -0.447 e. The molecule has 6 nitrogen and oxygen atoms in total. The SMILES string of the molecule is O=C1OC[C@H](Cc2ccccc2)N1c1ccnc(NC2CCCC2)n1. The molecule has 2 aromatic rings. The molecule has 4 rings (SSSR count). The van der Waals surface area contributed by atoms with Crippen molar-refractivity contribution in [3.63, 3.8) is 0 Å². The Kier molecular flexibility index (Phi) is 4.50. The highest BCUT2D eigenvalue weighted by Gasteiger charge is 2.35. The van der Waals surface area contributed by atoms with E-state index in [2.05, 4.69) is 27.4 Å². The van der Waals surface area contributed by atoms with Crippen molar-refractivity contribution >= 4 is 17.9 Å². The predicted octanol–water partition coefficient (Wildman–Crippen LogP) is 3.40. The molecular formula is C19H22N4O2. The lowest BCUT2D eigenvalue weighted by Gasteiger charge is -2.21. The largest absolute Gasteiger partial charge is 0.447 e. The number of cyclic esters (lactones) is 1. The normalized spacial score (nSPS) is 20.7. The number of carbonyl (C=O) groups excluding carboxylic acids is 1. The van der Waals surface area contributed by atoms with Gasteiger partial charge in [0.05, 0.1) is 6.04 Å². The number of anilines is 2. The van der Waals surface area contributed by atoms with E-state index in [4.69, 9.17) is 4.74 Å².